The highest BCUT2D eigenvalue weighted by Crippen LogP contribution is 2.41. The number of amides is 3. The Balaban J connectivity index is 1.48. The van der Waals surface area contributed by atoms with Crippen molar-refractivity contribution in [2.24, 2.45) is 11.8 Å². The molecule has 2 fully saturated rings. The molecule has 1 N–H and O–H groups in total. The van der Waals surface area contributed by atoms with Gasteiger partial charge in [0.25, 0.3) is 0 Å². The maximum absolute atomic E-state index is 13.6. The van der Waals surface area contributed by atoms with Gasteiger partial charge in [0.15, 0.2) is 0 Å². The van der Waals surface area contributed by atoms with E-state index in [-0.39, 0.29) is 29.5 Å². The van der Waals surface area contributed by atoms with Crippen LogP contribution in [0.15, 0.2) is 24.3 Å². The first-order valence-electron chi connectivity index (χ1n) is 8.77. The zero-order valence-corrected chi connectivity index (χ0v) is 14.6. The standard InChI is InChI=1S/C18H22FN3O4/c1-2-26-18(25)22-9-7-21(8-10-22)17(24)13-11-12(13)16(23)20-15-6-4-3-5-14(15)19/h3-6,12-13H,2,7-11H2,1H3,(H,20,23). The molecule has 1 aliphatic carbocycles. The fourth-order valence-electron chi connectivity index (χ4n) is 3.10. The van der Waals surface area contributed by atoms with Crippen LogP contribution < -0.4 is 5.32 Å². The Hall–Kier alpha value is -2.64. The number of anilines is 1. The number of hydrogen-bond acceptors (Lipinski definition) is 4. The van der Waals surface area contributed by atoms with Crippen molar-refractivity contribution in [2.45, 2.75) is 13.3 Å². The molecule has 2 unspecified atom stereocenters. The summed E-state index contributed by atoms with van der Waals surface area (Å²) in [7, 11) is 0. The maximum Gasteiger partial charge on any atom is 0.409 e. The molecule has 1 saturated heterocycles. The molecule has 0 aromatic heterocycles. The number of hydrogen-bond donors (Lipinski definition) is 1. The fraction of sp³-hybridized carbons (Fsp3) is 0.500. The van der Waals surface area contributed by atoms with Gasteiger partial charge in [-0.05, 0) is 25.5 Å². The summed E-state index contributed by atoms with van der Waals surface area (Å²) in [6, 6.07) is 5.94. The lowest BCUT2D eigenvalue weighted by Crippen LogP contribution is -2.51. The monoisotopic (exact) mass is 363 g/mol. The molecule has 1 heterocycles. The highest BCUT2D eigenvalue weighted by molar-refractivity contribution is 5.99. The largest absolute Gasteiger partial charge is 0.450 e. The molecule has 3 rings (SSSR count). The normalized spacial score (nSPS) is 21.9. The summed E-state index contributed by atoms with van der Waals surface area (Å²) >= 11 is 0. The van der Waals surface area contributed by atoms with E-state index in [9.17, 15) is 18.8 Å². The van der Waals surface area contributed by atoms with E-state index in [1.54, 1.807) is 28.9 Å². The third-order valence-electron chi connectivity index (χ3n) is 4.69. The number of para-hydroxylation sites is 1. The topological polar surface area (TPSA) is 79.0 Å². The van der Waals surface area contributed by atoms with E-state index in [0.29, 0.717) is 39.2 Å². The van der Waals surface area contributed by atoms with Gasteiger partial charge < -0.3 is 19.9 Å². The van der Waals surface area contributed by atoms with Crippen LogP contribution in [-0.4, -0.2) is 60.5 Å². The second-order valence-corrected chi connectivity index (χ2v) is 6.43. The number of nitrogens with one attached hydrogen (secondary N) is 1. The predicted molar refractivity (Wildman–Crippen MR) is 91.8 cm³/mol. The number of benzene rings is 1. The van der Waals surface area contributed by atoms with Gasteiger partial charge in [-0.1, -0.05) is 12.1 Å². The summed E-state index contributed by atoms with van der Waals surface area (Å²) in [4.78, 5) is 39.7. The summed E-state index contributed by atoms with van der Waals surface area (Å²) in [6.07, 6.45) is 0.102. The van der Waals surface area contributed by atoms with Crippen LogP contribution in [0.25, 0.3) is 0 Å². The molecular weight excluding hydrogens is 341 g/mol. The summed E-state index contributed by atoms with van der Waals surface area (Å²) in [6.45, 7) is 3.76. The second kappa shape index (κ2) is 7.72. The molecule has 140 valence electrons. The lowest BCUT2D eigenvalue weighted by molar-refractivity contribution is -0.135. The molecule has 2 atom stereocenters. The zero-order chi connectivity index (χ0) is 18.7. The first kappa shape index (κ1) is 18.2. The number of piperazine rings is 1. The highest BCUT2D eigenvalue weighted by atomic mass is 19.1. The van der Waals surface area contributed by atoms with E-state index < -0.39 is 11.7 Å². The van der Waals surface area contributed by atoms with E-state index in [1.165, 1.54) is 12.1 Å². The van der Waals surface area contributed by atoms with Crippen molar-refractivity contribution in [3.63, 3.8) is 0 Å². The molecule has 26 heavy (non-hydrogen) atoms. The van der Waals surface area contributed by atoms with Crippen LogP contribution in [0.2, 0.25) is 0 Å². The summed E-state index contributed by atoms with van der Waals surface area (Å²) in [5, 5.41) is 2.54. The average molecular weight is 363 g/mol. The Kier molecular flexibility index (Phi) is 5.39. The predicted octanol–water partition coefficient (Wildman–Crippen LogP) is 1.70. The molecule has 1 aromatic carbocycles. The van der Waals surface area contributed by atoms with E-state index in [0.717, 1.165) is 0 Å². The van der Waals surface area contributed by atoms with E-state index in [4.69, 9.17) is 4.74 Å². The Labute approximate surface area is 151 Å². The number of halogens is 1. The smallest absolute Gasteiger partial charge is 0.409 e. The second-order valence-electron chi connectivity index (χ2n) is 6.43. The third-order valence-corrected chi connectivity index (χ3v) is 4.69. The number of rotatable bonds is 4. The van der Waals surface area contributed by atoms with Crippen LogP contribution in [0, 0.1) is 17.7 Å². The lowest BCUT2D eigenvalue weighted by Gasteiger charge is -2.34. The minimum Gasteiger partial charge on any atom is -0.450 e. The first-order chi connectivity index (χ1) is 12.5. The van der Waals surface area contributed by atoms with Crippen molar-refractivity contribution in [1.29, 1.82) is 0 Å². The van der Waals surface area contributed by atoms with Gasteiger partial charge in [-0.2, -0.15) is 0 Å². The number of carbonyl (C=O) groups excluding carboxylic acids is 3. The minimum absolute atomic E-state index is 0.0813. The van der Waals surface area contributed by atoms with Crippen LogP contribution in [0.5, 0.6) is 0 Å². The summed E-state index contributed by atoms with van der Waals surface area (Å²) in [5.41, 5.74) is 0.124. The quantitative estimate of drug-likeness (QED) is 0.883. The van der Waals surface area contributed by atoms with Crippen LogP contribution >= 0.6 is 0 Å². The van der Waals surface area contributed by atoms with Crippen molar-refractivity contribution in [2.75, 3.05) is 38.1 Å². The van der Waals surface area contributed by atoms with Crippen molar-refractivity contribution >= 4 is 23.6 Å². The Morgan fingerprint density at radius 3 is 2.42 bits per heavy atom. The molecule has 1 aromatic rings. The molecule has 7 nitrogen and oxygen atoms in total. The molecule has 8 heteroatoms. The van der Waals surface area contributed by atoms with E-state index in [2.05, 4.69) is 5.32 Å². The molecule has 1 aliphatic heterocycles. The maximum atomic E-state index is 13.6. The third kappa shape index (κ3) is 3.95. The van der Waals surface area contributed by atoms with Crippen molar-refractivity contribution < 1.29 is 23.5 Å². The van der Waals surface area contributed by atoms with E-state index >= 15 is 0 Å². The molecule has 0 spiro atoms. The van der Waals surface area contributed by atoms with Crippen LogP contribution in [-0.2, 0) is 14.3 Å². The lowest BCUT2D eigenvalue weighted by atomic mass is 10.2. The Morgan fingerprint density at radius 2 is 1.77 bits per heavy atom. The Bertz CT molecular complexity index is 703. The first-order valence-corrected chi connectivity index (χ1v) is 8.77. The highest BCUT2D eigenvalue weighted by Gasteiger charge is 2.50. The molecule has 0 bridgehead atoms. The van der Waals surface area contributed by atoms with Crippen LogP contribution in [0.1, 0.15) is 13.3 Å². The molecule has 3 amide bonds. The van der Waals surface area contributed by atoms with Gasteiger partial charge in [0.2, 0.25) is 11.8 Å². The van der Waals surface area contributed by atoms with Gasteiger partial charge >= 0.3 is 6.09 Å². The van der Waals surface area contributed by atoms with Crippen LogP contribution in [0.4, 0.5) is 14.9 Å². The van der Waals surface area contributed by atoms with Gasteiger partial charge in [-0.3, -0.25) is 9.59 Å². The SMILES string of the molecule is CCOC(=O)N1CCN(C(=O)C2CC2C(=O)Nc2ccccc2F)CC1. The number of ether oxygens (including phenoxy) is 1. The molecule has 1 saturated carbocycles. The number of carbonyl (C=O) groups is 3. The minimum atomic E-state index is -0.500. The Morgan fingerprint density at radius 1 is 1.12 bits per heavy atom. The van der Waals surface area contributed by atoms with Crippen LogP contribution in [0.3, 0.4) is 0 Å². The van der Waals surface area contributed by atoms with Gasteiger partial charge in [0, 0.05) is 26.2 Å². The van der Waals surface area contributed by atoms with Crippen molar-refractivity contribution in [3.8, 4) is 0 Å². The van der Waals surface area contributed by atoms with Crippen molar-refractivity contribution in [3.05, 3.63) is 30.1 Å². The molecule has 0 radical (unpaired) electrons. The number of nitrogens with zero attached hydrogens (tertiary/aromatic N) is 2. The molecule has 2 aliphatic rings. The fourth-order valence-corrected chi connectivity index (χ4v) is 3.10. The van der Waals surface area contributed by atoms with Crippen molar-refractivity contribution in [1.82, 2.24) is 9.80 Å². The van der Waals surface area contributed by atoms with Gasteiger partial charge in [0.1, 0.15) is 5.82 Å². The average Bonchev–Trinajstić information content (AvgIpc) is 3.44. The van der Waals surface area contributed by atoms with E-state index in [1.807, 2.05) is 0 Å². The zero-order valence-electron chi connectivity index (χ0n) is 14.6. The van der Waals surface area contributed by atoms with Gasteiger partial charge in [-0.25, -0.2) is 9.18 Å². The van der Waals surface area contributed by atoms with Gasteiger partial charge in [-0.15, -0.1) is 0 Å². The summed E-state index contributed by atoms with van der Waals surface area (Å²) < 4.78 is 18.6. The van der Waals surface area contributed by atoms with Gasteiger partial charge in [0.05, 0.1) is 24.1 Å². The summed E-state index contributed by atoms with van der Waals surface area (Å²) in [5.74, 6) is -1.71. The molecular formula is C18H22FN3O4.